The summed E-state index contributed by atoms with van der Waals surface area (Å²) in [5, 5.41) is 12.2. The number of hydrogen-bond donors (Lipinski definition) is 2. The number of hydrogen-bond acceptors (Lipinski definition) is 6. The first-order valence-electron chi connectivity index (χ1n) is 6.63. The summed E-state index contributed by atoms with van der Waals surface area (Å²) >= 11 is 0. The molecule has 0 aliphatic carbocycles. The van der Waals surface area contributed by atoms with Crippen LogP contribution in [0.15, 0.2) is 24.7 Å². The van der Waals surface area contributed by atoms with Gasteiger partial charge in [0, 0.05) is 30.9 Å². The monoisotopic (exact) mass is 285 g/mol. The number of aromatic nitrogens is 3. The van der Waals surface area contributed by atoms with Gasteiger partial charge in [-0.25, -0.2) is 15.0 Å². The Bertz CT molecular complexity index is 689. The molecule has 108 valence electrons. The molecule has 0 saturated heterocycles. The molecule has 21 heavy (non-hydrogen) atoms. The lowest BCUT2D eigenvalue weighted by Crippen LogP contribution is -2.27. The minimum atomic E-state index is -0.890. The third-order valence-electron chi connectivity index (χ3n) is 3.39. The summed E-state index contributed by atoms with van der Waals surface area (Å²) in [6.45, 7) is 0.606. The van der Waals surface area contributed by atoms with E-state index >= 15 is 0 Å². The van der Waals surface area contributed by atoms with Gasteiger partial charge in [-0.05, 0) is 18.6 Å². The predicted octanol–water partition coefficient (Wildman–Crippen LogP) is 1.03. The zero-order valence-electron chi connectivity index (χ0n) is 11.6. The molecule has 3 heterocycles. The summed E-state index contributed by atoms with van der Waals surface area (Å²) in [6, 6.07) is 3.81. The average molecular weight is 285 g/mol. The van der Waals surface area contributed by atoms with Gasteiger partial charge in [-0.2, -0.15) is 0 Å². The van der Waals surface area contributed by atoms with Crippen LogP contribution in [-0.2, 0) is 11.2 Å². The summed E-state index contributed by atoms with van der Waals surface area (Å²) in [5.41, 5.74) is 2.67. The predicted molar refractivity (Wildman–Crippen MR) is 78.4 cm³/mol. The van der Waals surface area contributed by atoms with Crippen LogP contribution in [0.2, 0.25) is 0 Å². The van der Waals surface area contributed by atoms with Gasteiger partial charge in [0.25, 0.3) is 0 Å². The molecule has 0 radical (unpaired) electrons. The molecule has 2 N–H and O–H groups in total. The molecular formula is C14H15N5O2. The highest BCUT2D eigenvalue weighted by Crippen LogP contribution is 2.33. The van der Waals surface area contributed by atoms with Crippen LogP contribution in [0.3, 0.4) is 0 Å². The lowest BCUT2D eigenvalue weighted by atomic mass is 10.1. The van der Waals surface area contributed by atoms with Crippen LogP contribution in [0.5, 0.6) is 0 Å². The number of rotatable bonds is 3. The lowest BCUT2D eigenvalue weighted by molar-refractivity contribution is -0.135. The molecule has 0 atom stereocenters. The minimum Gasteiger partial charge on any atom is -0.480 e. The number of aliphatic carboxylic acids is 1. The van der Waals surface area contributed by atoms with Crippen LogP contribution in [-0.4, -0.2) is 46.2 Å². The highest BCUT2D eigenvalue weighted by atomic mass is 16.4. The van der Waals surface area contributed by atoms with Gasteiger partial charge in [0.05, 0.1) is 5.69 Å². The molecular weight excluding hydrogens is 270 g/mol. The second-order valence-electron chi connectivity index (χ2n) is 4.85. The molecule has 0 saturated carbocycles. The van der Waals surface area contributed by atoms with Gasteiger partial charge >= 0.3 is 5.97 Å². The highest BCUT2D eigenvalue weighted by molar-refractivity contribution is 5.80. The third-order valence-corrected chi connectivity index (χ3v) is 3.39. The molecule has 0 bridgehead atoms. The lowest BCUT2D eigenvalue weighted by Gasteiger charge is -2.19. The van der Waals surface area contributed by atoms with E-state index in [-0.39, 0.29) is 6.54 Å². The highest BCUT2D eigenvalue weighted by Gasteiger charge is 2.21. The molecule has 7 heteroatoms. The van der Waals surface area contributed by atoms with Crippen molar-refractivity contribution in [3.8, 4) is 11.3 Å². The molecule has 2 aromatic heterocycles. The summed E-state index contributed by atoms with van der Waals surface area (Å²) in [7, 11) is 1.72. The fourth-order valence-corrected chi connectivity index (χ4v) is 2.52. The SMILES string of the molecule is CN(CC(=O)O)c1ncnc2c1CCNc1ncccc1-2. The van der Waals surface area contributed by atoms with Gasteiger partial charge < -0.3 is 15.3 Å². The van der Waals surface area contributed by atoms with Crippen molar-refractivity contribution in [2.24, 2.45) is 0 Å². The van der Waals surface area contributed by atoms with Crippen molar-refractivity contribution >= 4 is 17.6 Å². The van der Waals surface area contributed by atoms with E-state index < -0.39 is 5.97 Å². The molecule has 0 fully saturated rings. The van der Waals surface area contributed by atoms with E-state index in [0.29, 0.717) is 18.8 Å². The normalized spacial score (nSPS) is 12.6. The largest absolute Gasteiger partial charge is 0.480 e. The number of likely N-dealkylation sites (N-methyl/N-ethyl adjacent to an activating group) is 1. The Morgan fingerprint density at radius 2 is 2.29 bits per heavy atom. The van der Waals surface area contributed by atoms with Gasteiger partial charge in [-0.1, -0.05) is 0 Å². The van der Waals surface area contributed by atoms with E-state index in [0.717, 1.165) is 22.6 Å². The zero-order chi connectivity index (χ0) is 14.8. The summed E-state index contributed by atoms with van der Waals surface area (Å²) in [5.74, 6) is 0.557. The van der Waals surface area contributed by atoms with E-state index in [2.05, 4.69) is 20.3 Å². The van der Waals surface area contributed by atoms with Crippen molar-refractivity contribution in [1.82, 2.24) is 15.0 Å². The van der Waals surface area contributed by atoms with Crippen molar-refractivity contribution < 1.29 is 9.90 Å². The van der Waals surface area contributed by atoms with Crippen LogP contribution in [0.4, 0.5) is 11.6 Å². The van der Waals surface area contributed by atoms with Gasteiger partial charge in [0.1, 0.15) is 24.5 Å². The summed E-state index contributed by atoms with van der Waals surface area (Å²) in [4.78, 5) is 25.5. The number of fused-ring (bicyclic) bond motifs is 3. The fraction of sp³-hybridized carbons (Fsp3) is 0.286. The Hall–Kier alpha value is -2.70. The Labute approximate surface area is 121 Å². The smallest absolute Gasteiger partial charge is 0.323 e. The van der Waals surface area contributed by atoms with E-state index in [1.165, 1.54) is 6.33 Å². The topological polar surface area (TPSA) is 91.2 Å². The van der Waals surface area contributed by atoms with Crippen molar-refractivity contribution in [2.45, 2.75) is 6.42 Å². The van der Waals surface area contributed by atoms with Gasteiger partial charge in [0.2, 0.25) is 0 Å². The maximum atomic E-state index is 10.9. The number of carboxylic acids is 1. The molecule has 0 unspecified atom stereocenters. The average Bonchev–Trinajstić information content (AvgIpc) is 2.65. The van der Waals surface area contributed by atoms with Crippen molar-refractivity contribution in [1.29, 1.82) is 0 Å². The van der Waals surface area contributed by atoms with Crippen LogP contribution >= 0.6 is 0 Å². The molecule has 0 amide bonds. The Kier molecular flexibility index (Phi) is 3.39. The fourth-order valence-electron chi connectivity index (χ4n) is 2.52. The first kappa shape index (κ1) is 13.3. The zero-order valence-corrected chi connectivity index (χ0v) is 11.6. The van der Waals surface area contributed by atoms with E-state index in [1.54, 1.807) is 18.1 Å². The van der Waals surface area contributed by atoms with Crippen molar-refractivity contribution in [3.05, 3.63) is 30.2 Å². The van der Waals surface area contributed by atoms with Crippen molar-refractivity contribution in [3.63, 3.8) is 0 Å². The van der Waals surface area contributed by atoms with Gasteiger partial charge in [-0.15, -0.1) is 0 Å². The number of carbonyl (C=O) groups is 1. The Morgan fingerprint density at radius 1 is 1.43 bits per heavy atom. The first-order valence-corrected chi connectivity index (χ1v) is 6.63. The number of anilines is 2. The first-order chi connectivity index (χ1) is 10.2. The standard InChI is InChI=1S/C14H15N5O2/c1-19(7-11(20)21)14-10-4-6-16-13-9(3-2-5-15-13)12(10)17-8-18-14/h2-3,5,8H,4,6-7H2,1H3,(H,15,16)(H,20,21). The number of pyridine rings is 1. The van der Waals surface area contributed by atoms with Crippen LogP contribution in [0.1, 0.15) is 5.56 Å². The van der Waals surface area contributed by atoms with Gasteiger partial charge in [0.15, 0.2) is 0 Å². The summed E-state index contributed by atoms with van der Waals surface area (Å²) < 4.78 is 0. The van der Waals surface area contributed by atoms with Gasteiger partial charge in [-0.3, -0.25) is 4.79 Å². The van der Waals surface area contributed by atoms with Crippen LogP contribution in [0, 0.1) is 0 Å². The van der Waals surface area contributed by atoms with E-state index in [9.17, 15) is 4.79 Å². The van der Waals surface area contributed by atoms with Crippen molar-refractivity contribution in [2.75, 3.05) is 30.4 Å². The second-order valence-corrected chi connectivity index (χ2v) is 4.85. The Balaban J connectivity index is 2.11. The molecule has 3 rings (SSSR count). The molecule has 7 nitrogen and oxygen atoms in total. The maximum absolute atomic E-state index is 10.9. The number of nitrogens with one attached hydrogen (secondary N) is 1. The number of nitrogens with zero attached hydrogens (tertiary/aromatic N) is 4. The van der Waals surface area contributed by atoms with E-state index in [1.807, 2.05) is 12.1 Å². The molecule has 0 spiro atoms. The minimum absolute atomic E-state index is 0.100. The maximum Gasteiger partial charge on any atom is 0.323 e. The Morgan fingerprint density at radius 3 is 3.10 bits per heavy atom. The number of carboxylic acid groups (broad SMARTS) is 1. The van der Waals surface area contributed by atoms with Crippen LogP contribution < -0.4 is 10.2 Å². The van der Waals surface area contributed by atoms with Crippen LogP contribution in [0.25, 0.3) is 11.3 Å². The quantitative estimate of drug-likeness (QED) is 0.870. The molecule has 1 aliphatic rings. The molecule has 2 aromatic rings. The summed E-state index contributed by atoms with van der Waals surface area (Å²) in [6.07, 6.45) is 3.91. The molecule has 0 aromatic carbocycles. The van der Waals surface area contributed by atoms with E-state index in [4.69, 9.17) is 5.11 Å². The third kappa shape index (κ3) is 2.49. The second kappa shape index (κ2) is 5.35. The molecule has 1 aliphatic heterocycles.